The minimum Gasteiger partial charge on any atom is -0.477 e. The molecule has 0 aliphatic heterocycles. The molecule has 1 N–H and O–H groups in total. The maximum Gasteiger partial charge on any atom is 0.361 e. The van der Waals surface area contributed by atoms with Crippen molar-refractivity contribution >= 4 is 17.9 Å². The van der Waals surface area contributed by atoms with Gasteiger partial charge in [-0.05, 0) is 96.3 Å². The SMILES string of the molecule is CC/C=C\C/C=C\C/C=C\C/C=C\C/C=C\CCCCCCCCCCCCCCCCCCCCCCCC(=O)OC(COC(=O)CCCCCCCC/C=C\C/C=C\C/C=C\C/C=C\CC)COC(OCC[N+](C)(C)C)C(=O)O. The molecule has 0 aromatic carbocycles. The summed E-state index contributed by atoms with van der Waals surface area (Å²) in [6.45, 7) is 4.65. The Morgan fingerprint density at radius 3 is 0.988 bits per heavy atom. The first-order valence-electron chi connectivity index (χ1n) is 33.1. The first-order valence-corrected chi connectivity index (χ1v) is 33.1. The Bertz CT molecular complexity index is 1700. The summed E-state index contributed by atoms with van der Waals surface area (Å²) in [7, 11) is 5.97. The number of hydrogen-bond donors (Lipinski definition) is 1. The lowest BCUT2D eigenvalue weighted by molar-refractivity contribution is -0.870. The number of rotatable bonds is 60. The van der Waals surface area contributed by atoms with Crippen molar-refractivity contribution in [2.45, 2.75) is 283 Å². The van der Waals surface area contributed by atoms with Gasteiger partial charge in [0, 0.05) is 12.8 Å². The monoisotopic (exact) mass is 1130 g/mol. The normalized spacial score (nSPS) is 13.4. The maximum atomic E-state index is 12.9. The van der Waals surface area contributed by atoms with E-state index in [-0.39, 0.29) is 38.6 Å². The van der Waals surface area contributed by atoms with Gasteiger partial charge in [-0.2, -0.15) is 0 Å². The van der Waals surface area contributed by atoms with Crippen LogP contribution in [0.25, 0.3) is 0 Å². The number of aliphatic carboxylic acids is 1. The van der Waals surface area contributed by atoms with Gasteiger partial charge in [-0.25, -0.2) is 4.79 Å². The van der Waals surface area contributed by atoms with Crippen molar-refractivity contribution < 1.29 is 42.9 Å². The molecule has 0 aromatic heterocycles. The Morgan fingerprint density at radius 1 is 0.370 bits per heavy atom. The highest BCUT2D eigenvalue weighted by Gasteiger charge is 2.25. The molecule has 2 atom stereocenters. The molecule has 2 unspecified atom stereocenters. The average molecular weight is 1130 g/mol. The number of quaternary nitrogens is 1. The van der Waals surface area contributed by atoms with Crippen molar-refractivity contribution in [3.05, 3.63) is 109 Å². The van der Waals surface area contributed by atoms with Gasteiger partial charge in [0.2, 0.25) is 0 Å². The molecule has 0 saturated heterocycles. The van der Waals surface area contributed by atoms with Crippen molar-refractivity contribution in [1.29, 1.82) is 0 Å². The second-order valence-electron chi connectivity index (χ2n) is 23.0. The van der Waals surface area contributed by atoms with Crippen LogP contribution >= 0.6 is 0 Å². The molecule has 0 aromatic rings. The lowest BCUT2D eigenvalue weighted by Crippen LogP contribution is -2.40. The van der Waals surface area contributed by atoms with E-state index < -0.39 is 24.3 Å². The van der Waals surface area contributed by atoms with Crippen molar-refractivity contribution in [2.24, 2.45) is 0 Å². The maximum absolute atomic E-state index is 12.9. The topological polar surface area (TPSA) is 108 Å². The number of carboxylic acids is 1. The molecule has 0 spiro atoms. The van der Waals surface area contributed by atoms with Crippen LogP contribution in [-0.2, 0) is 33.3 Å². The third kappa shape index (κ3) is 63.4. The molecule has 0 amide bonds. The van der Waals surface area contributed by atoms with E-state index in [1.54, 1.807) is 0 Å². The Morgan fingerprint density at radius 2 is 0.667 bits per heavy atom. The van der Waals surface area contributed by atoms with Gasteiger partial charge in [-0.15, -0.1) is 0 Å². The number of esters is 2. The summed E-state index contributed by atoms with van der Waals surface area (Å²) in [5, 5.41) is 9.73. The third-order valence-corrected chi connectivity index (χ3v) is 14.0. The van der Waals surface area contributed by atoms with Crippen molar-refractivity contribution in [3.8, 4) is 0 Å². The quantitative estimate of drug-likeness (QED) is 0.0211. The summed E-state index contributed by atoms with van der Waals surface area (Å²) in [6, 6.07) is 0. The first kappa shape index (κ1) is 77.0. The van der Waals surface area contributed by atoms with Crippen LogP contribution in [0.5, 0.6) is 0 Å². The highest BCUT2D eigenvalue weighted by Crippen LogP contribution is 2.17. The van der Waals surface area contributed by atoms with Gasteiger partial charge in [0.15, 0.2) is 6.10 Å². The first-order chi connectivity index (χ1) is 39.6. The van der Waals surface area contributed by atoms with E-state index >= 15 is 0 Å². The minimum absolute atomic E-state index is 0.182. The van der Waals surface area contributed by atoms with Gasteiger partial charge in [0.05, 0.1) is 34.4 Å². The zero-order valence-electron chi connectivity index (χ0n) is 52.9. The van der Waals surface area contributed by atoms with Crippen LogP contribution in [0.4, 0.5) is 0 Å². The van der Waals surface area contributed by atoms with Crippen LogP contribution in [0.1, 0.15) is 271 Å². The van der Waals surface area contributed by atoms with Crippen LogP contribution in [0.3, 0.4) is 0 Å². The summed E-state index contributed by atoms with van der Waals surface area (Å²) in [5.74, 6) is -2.02. The molecule has 81 heavy (non-hydrogen) atoms. The Kier molecular flexibility index (Phi) is 58.9. The summed E-state index contributed by atoms with van der Waals surface area (Å²) >= 11 is 0. The molecular weight excluding hydrogens is 1010 g/mol. The number of carbonyl (C=O) groups excluding carboxylic acids is 2. The number of hydrogen-bond acceptors (Lipinski definition) is 7. The fourth-order valence-electron chi connectivity index (χ4n) is 9.03. The van der Waals surface area contributed by atoms with E-state index in [0.29, 0.717) is 11.0 Å². The number of nitrogens with zero attached hydrogens (tertiary/aromatic N) is 1. The number of carboxylic acid groups (broad SMARTS) is 1. The molecule has 0 heterocycles. The minimum atomic E-state index is -1.52. The standard InChI is InChI=1S/C72H123NO8/c1-6-8-10-12-14-16-18-20-22-24-26-27-28-29-30-31-32-33-34-35-36-37-38-39-40-41-42-43-45-47-49-51-53-55-57-59-61-63-70(75)81-68(67-80-72(71(76)77)78-65-64-73(3,4)5)66-79-69(74)62-60-58-56-54-52-50-48-46-44-25-23-21-19-17-15-13-11-9-7-2/h8-11,14-17,20-23,26-27,29-30,44,46,68,72H,6-7,12-13,18-19,24-25,28,31-43,45,47-67H2,1-5H3/p+1/b10-8-,11-9-,16-14-,17-15-,22-20-,23-21-,27-26-,30-29-,46-44-. The number of carbonyl (C=O) groups is 3. The molecule has 464 valence electrons. The molecule has 0 rings (SSSR count). The van der Waals surface area contributed by atoms with Gasteiger partial charge < -0.3 is 28.5 Å². The zero-order chi connectivity index (χ0) is 59.1. The molecule has 9 heteroatoms. The molecule has 0 radical (unpaired) electrons. The van der Waals surface area contributed by atoms with Gasteiger partial charge in [-0.1, -0.05) is 271 Å². The largest absolute Gasteiger partial charge is 0.477 e. The van der Waals surface area contributed by atoms with E-state index in [9.17, 15) is 19.5 Å². The summed E-state index contributed by atoms with van der Waals surface area (Å²) in [6.07, 6.45) is 83.4. The molecule has 0 bridgehead atoms. The van der Waals surface area contributed by atoms with E-state index in [4.69, 9.17) is 18.9 Å². The lowest BCUT2D eigenvalue weighted by Gasteiger charge is -2.25. The fraction of sp³-hybridized carbons (Fsp3) is 0.708. The van der Waals surface area contributed by atoms with E-state index in [1.165, 1.54) is 135 Å². The fourth-order valence-corrected chi connectivity index (χ4v) is 9.03. The highest BCUT2D eigenvalue weighted by atomic mass is 16.7. The van der Waals surface area contributed by atoms with Gasteiger partial charge >= 0.3 is 17.9 Å². The molecule has 0 saturated carbocycles. The van der Waals surface area contributed by atoms with Crippen LogP contribution < -0.4 is 0 Å². The van der Waals surface area contributed by atoms with Crippen molar-refractivity contribution in [3.63, 3.8) is 0 Å². The molecule has 0 aliphatic rings. The second kappa shape index (κ2) is 62.0. The lowest BCUT2D eigenvalue weighted by atomic mass is 10.0. The second-order valence-corrected chi connectivity index (χ2v) is 23.0. The third-order valence-electron chi connectivity index (χ3n) is 14.0. The molecule has 0 fully saturated rings. The van der Waals surface area contributed by atoms with Crippen molar-refractivity contribution in [2.75, 3.05) is 47.5 Å². The Balaban J connectivity index is 4.07. The van der Waals surface area contributed by atoms with E-state index in [2.05, 4.69) is 123 Å². The van der Waals surface area contributed by atoms with Crippen LogP contribution in [0.15, 0.2) is 109 Å². The predicted molar refractivity (Wildman–Crippen MR) is 345 cm³/mol. The Hall–Kier alpha value is -4.05. The van der Waals surface area contributed by atoms with Crippen molar-refractivity contribution in [1.82, 2.24) is 0 Å². The van der Waals surface area contributed by atoms with Crippen LogP contribution in [-0.4, -0.2) is 87.4 Å². The summed E-state index contributed by atoms with van der Waals surface area (Å²) in [5.41, 5.74) is 0. The van der Waals surface area contributed by atoms with Gasteiger partial charge in [0.1, 0.15) is 13.2 Å². The van der Waals surface area contributed by atoms with Crippen LogP contribution in [0, 0.1) is 0 Å². The average Bonchev–Trinajstić information content (AvgIpc) is 3.44. The van der Waals surface area contributed by atoms with E-state index in [1.807, 2.05) is 21.1 Å². The van der Waals surface area contributed by atoms with Gasteiger partial charge in [-0.3, -0.25) is 9.59 Å². The van der Waals surface area contributed by atoms with E-state index in [0.717, 1.165) is 109 Å². The zero-order valence-corrected chi connectivity index (χ0v) is 52.9. The number of allylic oxidation sites excluding steroid dienone is 18. The molecule has 0 aliphatic carbocycles. The number of ether oxygens (including phenoxy) is 4. The smallest absolute Gasteiger partial charge is 0.361 e. The highest BCUT2D eigenvalue weighted by molar-refractivity contribution is 5.71. The Labute approximate surface area is 498 Å². The van der Waals surface area contributed by atoms with Crippen LogP contribution in [0.2, 0.25) is 0 Å². The molecule has 9 nitrogen and oxygen atoms in total. The number of unbranched alkanes of at least 4 members (excludes halogenated alkanes) is 27. The van der Waals surface area contributed by atoms with Gasteiger partial charge in [0.25, 0.3) is 6.29 Å². The summed E-state index contributed by atoms with van der Waals surface area (Å²) < 4.78 is 22.9. The molecular formula is C72H124NO8+. The summed E-state index contributed by atoms with van der Waals surface area (Å²) in [4.78, 5) is 37.5. The number of likely N-dealkylation sites (N-methyl/N-ethyl adjacent to an activating group) is 1. The predicted octanol–water partition coefficient (Wildman–Crippen LogP) is 20.2.